The number of aliphatic hydroxyl groups excluding tert-OH is 1. The molecule has 2 saturated heterocycles. The first-order valence-corrected chi connectivity index (χ1v) is 7.77. The Labute approximate surface area is 122 Å². The molecule has 0 aromatic rings. The molecular weight excluding hydrogens is 284 g/mol. The Bertz CT molecular complexity index is 333. The van der Waals surface area contributed by atoms with E-state index in [4.69, 9.17) is 14.6 Å². The van der Waals surface area contributed by atoms with E-state index >= 15 is 0 Å². The Morgan fingerprint density at radius 3 is 3.00 bits per heavy atom. The number of hydrogen-bond donors (Lipinski definition) is 2. The maximum Gasteiger partial charge on any atom is 0.317 e. The zero-order chi connectivity index (χ0) is 14.5. The highest BCUT2D eigenvalue weighted by atomic mass is 32.2. The second-order valence-electron chi connectivity index (χ2n) is 5.13. The van der Waals surface area contributed by atoms with Crippen molar-refractivity contribution in [2.45, 2.75) is 17.6 Å². The van der Waals surface area contributed by atoms with Gasteiger partial charge in [0.25, 0.3) is 0 Å². The van der Waals surface area contributed by atoms with E-state index in [-0.39, 0.29) is 12.8 Å². The number of carbonyl (C=O) groups is 1. The molecule has 0 spiro atoms. The fraction of sp³-hybridized carbons (Fsp3) is 0.917. The van der Waals surface area contributed by atoms with Gasteiger partial charge in [-0.25, -0.2) is 0 Å². The molecule has 3 atom stereocenters. The average Bonchev–Trinajstić information content (AvgIpc) is 2.45. The summed E-state index contributed by atoms with van der Waals surface area (Å²) < 4.78 is 10.9. The van der Waals surface area contributed by atoms with Crippen LogP contribution in [0.5, 0.6) is 0 Å². The molecule has 3 unspecified atom stereocenters. The summed E-state index contributed by atoms with van der Waals surface area (Å²) in [4.78, 5) is 14.9. The Balaban J connectivity index is 1.72. The number of thioether (sulfide) groups is 1. The average molecular weight is 306 g/mol. The van der Waals surface area contributed by atoms with Crippen LogP contribution in [0.4, 0.5) is 0 Å². The molecule has 0 aliphatic carbocycles. The molecule has 2 N–H and O–H groups in total. The van der Waals surface area contributed by atoms with Gasteiger partial charge in [-0.05, 0) is 7.05 Å². The lowest BCUT2D eigenvalue weighted by atomic mass is 10.3. The zero-order valence-electron chi connectivity index (χ0n) is 11.6. The molecule has 0 saturated carbocycles. The van der Waals surface area contributed by atoms with Crippen molar-refractivity contribution in [1.29, 1.82) is 0 Å². The predicted molar refractivity (Wildman–Crippen MR) is 74.7 cm³/mol. The lowest BCUT2D eigenvalue weighted by molar-refractivity contribution is -0.210. The normalized spacial score (nSPS) is 31.1. The molecule has 116 valence electrons. The van der Waals surface area contributed by atoms with E-state index in [1.54, 1.807) is 0 Å². The summed E-state index contributed by atoms with van der Waals surface area (Å²) >= 11 is 1.45. The first kappa shape index (κ1) is 16.0. The third-order valence-electron chi connectivity index (χ3n) is 3.47. The van der Waals surface area contributed by atoms with Crippen molar-refractivity contribution in [1.82, 2.24) is 9.80 Å². The quantitative estimate of drug-likeness (QED) is 0.633. The van der Waals surface area contributed by atoms with Crippen LogP contribution in [0.15, 0.2) is 0 Å². The summed E-state index contributed by atoms with van der Waals surface area (Å²) in [6.45, 7) is 3.52. The van der Waals surface area contributed by atoms with Crippen LogP contribution in [0.25, 0.3) is 0 Å². The number of nitrogens with zero attached hydrogens (tertiary/aromatic N) is 2. The van der Waals surface area contributed by atoms with Crippen LogP contribution in [-0.2, 0) is 14.3 Å². The predicted octanol–water partition coefficient (Wildman–Crippen LogP) is -0.888. The van der Waals surface area contributed by atoms with Gasteiger partial charge in [0, 0.05) is 31.9 Å². The molecule has 0 amide bonds. The molecule has 20 heavy (non-hydrogen) atoms. The van der Waals surface area contributed by atoms with Gasteiger partial charge in [0.2, 0.25) is 0 Å². The molecule has 2 rings (SSSR count). The SMILES string of the molecule is CN1CCOC(C(O)OCN2CCSC(C(=O)O)C2)C1. The Kier molecular flexibility index (Phi) is 6.06. The first-order chi connectivity index (χ1) is 9.56. The molecule has 2 fully saturated rings. The van der Waals surface area contributed by atoms with E-state index < -0.39 is 17.5 Å². The fourth-order valence-corrected chi connectivity index (χ4v) is 3.35. The number of aliphatic carboxylic acids is 1. The van der Waals surface area contributed by atoms with Crippen LogP contribution in [0.3, 0.4) is 0 Å². The Morgan fingerprint density at radius 1 is 1.50 bits per heavy atom. The lowest BCUT2D eigenvalue weighted by Gasteiger charge is -2.34. The molecule has 7 nitrogen and oxygen atoms in total. The van der Waals surface area contributed by atoms with Crippen molar-refractivity contribution in [2.75, 3.05) is 52.3 Å². The molecule has 0 aromatic heterocycles. The number of morpholine rings is 1. The molecule has 8 heteroatoms. The van der Waals surface area contributed by atoms with Crippen molar-refractivity contribution in [3.8, 4) is 0 Å². The standard InChI is InChI=1S/C12H22N2O5S/c1-13-2-4-18-9(6-13)12(17)19-8-14-3-5-20-10(7-14)11(15)16/h9-10,12,17H,2-8H2,1H3,(H,15,16). The van der Waals surface area contributed by atoms with Crippen LogP contribution in [-0.4, -0.2) is 95.9 Å². The molecular formula is C12H22N2O5S. The Hall–Kier alpha value is -0.380. The van der Waals surface area contributed by atoms with Gasteiger partial charge in [0.05, 0.1) is 6.61 Å². The summed E-state index contributed by atoms with van der Waals surface area (Å²) in [6.07, 6.45) is -1.32. The molecule has 2 aliphatic heterocycles. The van der Waals surface area contributed by atoms with Crippen molar-refractivity contribution in [3.05, 3.63) is 0 Å². The highest BCUT2D eigenvalue weighted by Gasteiger charge is 2.29. The van der Waals surface area contributed by atoms with Crippen molar-refractivity contribution in [2.24, 2.45) is 0 Å². The first-order valence-electron chi connectivity index (χ1n) is 6.73. The van der Waals surface area contributed by atoms with Gasteiger partial charge in [-0.3, -0.25) is 9.69 Å². The van der Waals surface area contributed by atoms with Crippen LogP contribution >= 0.6 is 11.8 Å². The van der Waals surface area contributed by atoms with Gasteiger partial charge in [0.1, 0.15) is 18.1 Å². The Morgan fingerprint density at radius 2 is 2.30 bits per heavy atom. The van der Waals surface area contributed by atoms with E-state index in [0.29, 0.717) is 19.7 Å². The van der Waals surface area contributed by atoms with E-state index in [2.05, 4.69) is 4.90 Å². The number of likely N-dealkylation sites (N-methyl/N-ethyl adjacent to an activating group) is 1. The molecule has 0 bridgehead atoms. The number of carboxylic acid groups (broad SMARTS) is 1. The molecule has 0 radical (unpaired) electrons. The summed E-state index contributed by atoms with van der Waals surface area (Å²) in [6, 6.07) is 0. The van der Waals surface area contributed by atoms with E-state index in [1.807, 2.05) is 11.9 Å². The number of rotatable bonds is 5. The topological polar surface area (TPSA) is 82.5 Å². The van der Waals surface area contributed by atoms with Gasteiger partial charge < -0.3 is 24.6 Å². The third kappa shape index (κ3) is 4.57. The van der Waals surface area contributed by atoms with Crippen molar-refractivity contribution in [3.63, 3.8) is 0 Å². The maximum absolute atomic E-state index is 11.0. The minimum atomic E-state index is -0.976. The monoisotopic (exact) mass is 306 g/mol. The van der Waals surface area contributed by atoms with Crippen molar-refractivity contribution < 1.29 is 24.5 Å². The zero-order valence-corrected chi connectivity index (χ0v) is 12.4. The number of hydrogen-bond acceptors (Lipinski definition) is 7. The summed E-state index contributed by atoms with van der Waals surface area (Å²) in [5, 5.41) is 18.6. The summed E-state index contributed by atoms with van der Waals surface area (Å²) in [5.74, 6) is -0.0310. The van der Waals surface area contributed by atoms with E-state index in [0.717, 1.165) is 18.8 Å². The van der Waals surface area contributed by atoms with Crippen LogP contribution in [0, 0.1) is 0 Å². The smallest absolute Gasteiger partial charge is 0.317 e. The second kappa shape index (κ2) is 7.58. The highest BCUT2D eigenvalue weighted by Crippen LogP contribution is 2.19. The number of carboxylic acids is 1. The summed E-state index contributed by atoms with van der Waals surface area (Å²) in [7, 11) is 1.97. The van der Waals surface area contributed by atoms with Gasteiger partial charge in [-0.1, -0.05) is 0 Å². The van der Waals surface area contributed by atoms with Crippen LogP contribution in [0.2, 0.25) is 0 Å². The molecule has 0 aromatic carbocycles. The minimum absolute atomic E-state index is 0.231. The van der Waals surface area contributed by atoms with Gasteiger partial charge in [-0.2, -0.15) is 0 Å². The summed E-state index contributed by atoms with van der Waals surface area (Å²) in [5.41, 5.74) is 0. The molecule has 2 heterocycles. The van der Waals surface area contributed by atoms with E-state index in [1.165, 1.54) is 11.8 Å². The highest BCUT2D eigenvalue weighted by molar-refractivity contribution is 8.00. The van der Waals surface area contributed by atoms with Crippen LogP contribution < -0.4 is 0 Å². The minimum Gasteiger partial charge on any atom is -0.480 e. The van der Waals surface area contributed by atoms with Crippen molar-refractivity contribution >= 4 is 17.7 Å². The third-order valence-corrected chi connectivity index (χ3v) is 4.64. The largest absolute Gasteiger partial charge is 0.480 e. The number of aliphatic hydroxyl groups is 1. The van der Waals surface area contributed by atoms with Gasteiger partial charge in [0.15, 0.2) is 6.29 Å². The second-order valence-corrected chi connectivity index (χ2v) is 6.44. The van der Waals surface area contributed by atoms with E-state index in [9.17, 15) is 9.90 Å². The van der Waals surface area contributed by atoms with Crippen LogP contribution in [0.1, 0.15) is 0 Å². The molecule has 2 aliphatic rings. The number of ether oxygens (including phenoxy) is 2. The lowest BCUT2D eigenvalue weighted by Crippen LogP contribution is -2.49. The van der Waals surface area contributed by atoms with Gasteiger partial charge in [-0.15, -0.1) is 11.8 Å². The maximum atomic E-state index is 11.0. The van der Waals surface area contributed by atoms with Gasteiger partial charge >= 0.3 is 5.97 Å². The fourth-order valence-electron chi connectivity index (χ4n) is 2.24.